The van der Waals surface area contributed by atoms with E-state index in [0.29, 0.717) is 24.3 Å². The van der Waals surface area contributed by atoms with Crippen LogP contribution in [0.4, 0.5) is 4.39 Å². The predicted octanol–water partition coefficient (Wildman–Crippen LogP) is 3.64. The van der Waals surface area contributed by atoms with Crippen LogP contribution >= 0.6 is 11.3 Å². The van der Waals surface area contributed by atoms with E-state index in [1.165, 1.54) is 6.07 Å². The molecule has 0 aliphatic heterocycles. The molecule has 3 aromatic rings. The Morgan fingerprint density at radius 2 is 2.14 bits per heavy atom. The van der Waals surface area contributed by atoms with Crippen molar-refractivity contribution in [2.75, 3.05) is 6.54 Å². The third kappa shape index (κ3) is 2.56. The second kappa shape index (κ2) is 5.69. The predicted molar refractivity (Wildman–Crippen MR) is 83.3 cm³/mol. The van der Waals surface area contributed by atoms with Gasteiger partial charge in [-0.25, -0.2) is 4.39 Å². The monoisotopic (exact) mass is 302 g/mol. The molecule has 0 atom stereocenters. The fourth-order valence-electron chi connectivity index (χ4n) is 2.38. The Balaban J connectivity index is 2.07. The summed E-state index contributed by atoms with van der Waals surface area (Å²) in [4.78, 5) is 12.2. The molecule has 3 rings (SSSR count). The molecule has 0 aliphatic carbocycles. The molecule has 0 unspecified atom stereocenters. The lowest BCUT2D eigenvalue weighted by Crippen LogP contribution is -2.25. The van der Waals surface area contributed by atoms with E-state index in [2.05, 4.69) is 5.32 Å². The van der Waals surface area contributed by atoms with Gasteiger partial charge in [0.2, 0.25) is 0 Å². The molecule has 0 fully saturated rings. The SMILES string of the molecule is CCNC(=O)c1cc2sccc2n1Cc1ccccc1F. The third-order valence-corrected chi connectivity index (χ3v) is 4.23. The average molecular weight is 302 g/mol. The number of halogens is 1. The number of hydrogen-bond acceptors (Lipinski definition) is 2. The van der Waals surface area contributed by atoms with Crippen molar-refractivity contribution in [3.8, 4) is 0 Å². The van der Waals surface area contributed by atoms with Crippen LogP contribution in [-0.4, -0.2) is 17.0 Å². The first-order chi connectivity index (χ1) is 10.2. The van der Waals surface area contributed by atoms with Crippen molar-refractivity contribution in [2.24, 2.45) is 0 Å². The van der Waals surface area contributed by atoms with Gasteiger partial charge in [0.05, 0.1) is 16.8 Å². The van der Waals surface area contributed by atoms with E-state index >= 15 is 0 Å². The van der Waals surface area contributed by atoms with Gasteiger partial charge in [0.25, 0.3) is 5.91 Å². The minimum Gasteiger partial charge on any atom is -0.351 e. The number of aromatic nitrogens is 1. The molecule has 2 heterocycles. The van der Waals surface area contributed by atoms with Gasteiger partial charge in [-0.1, -0.05) is 18.2 Å². The van der Waals surface area contributed by atoms with Gasteiger partial charge in [0.15, 0.2) is 0 Å². The molecule has 0 saturated carbocycles. The molecule has 1 amide bonds. The molecule has 0 bridgehead atoms. The van der Waals surface area contributed by atoms with Crippen molar-refractivity contribution < 1.29 is 9.18 Å². The Bertz CT molecular complexity index is 791. The maximum atomic E-state index is 13.9. The van der Waals surface area contributed by atoms with Crippen LogP contribution in [0.2, 0.25) is 0 Å². The van der Waals surface area contributed by atoms with E-state index in [1.54, 1.807) is 29.5 Å². The second-order valence-corrected chi connectivity index (χ2v) is 5.68. The molecule has 0 saturated heterocycles. The summed E-state index contributed by atoms with van der Waals surface area (Å²) in [7, 11) is 0. The van der Waals surface area contributed by atoms with Gasteiger partial charge in [-0.2, -0.15) is 0 Å². The van der Waals surface area contributed by atoms with Crippen LogP contribution in [0.5, 0.6) is 0 Å². The van der Waals surface area contributed by atoms with Crippen LogP contribution in [-0.2, 0) is 6.54 Å². The minimum absolute atomic E-state index is 0.128. The van der Waals surface area contributed by atoms with E-state index in [-0.39, 0.29) is 11.7 Å². The largest absolute Gasteiger partial charge is 0.351 e. The summed E-state index contributed by atoms with van der Waals surface area (Å²) in [5, 5.41) is 4.78. The van der Waals surface area contributed by atoms with Crippen molar-refractivity contribution in [3.63, 3.8) is 0 Å². The van der Waals surface area contributed by atoms with Gasteiger partial charge >= 0.3 is 0 Å². The van der Waals surface area contributed by atoms with Gasteiger partial charge < -0.3 is 9.88 Å². The number of hydrogen-bond donors (Lipinski definition) is 1. The lowest BCUT2D eigenvalue weighted by molar-refractivity contribution is 0.0947. The first-order valence-electron chi connectivity index (χ1n) is 6.79. The van der Waals surface area contributed by atoms with Gasteiger partial charge in [0.1, 0.15) is 11.5 Å². The summed E-state index contributed by atoms with van der Waals surface area (Å²) in [6.45, 7) is 2.79. The summed E-state index contributed by atoms with van der Waals surface area (Å²) >= 11 is 1.58. The van der Waals surface area contributed by atoms with Gasteiger partial charge in [0, 0.05) is 12.1 Å². The fourth-order valence-corrected chi connectivity index (χ4v) is 3.21. The number of carbonyl (C=O) groups excluding carboxylic acids is 1. The molecule has 0 radical (unpaired) electrons. The van der Waals surface area contributed by atoms with E-state index in [1.807, 2.05) is 29.0 Å². The lowest BCUT2D eigenvalue weighted by Gasteiger charge is -2.11. The molecular weight excluding hydrogens is 287 g/mol. The van der Waals surface area contributed by atoms with Crippen molar-refractivity contribution in [1.82, 2.24) is 9.88 Å². The van der Waals surface area contributed by atoms with Crippen LogP contribution in [0, 0.1) is 5.82 Å². The molecule has 2 aromatic heterocycles. The highest BCUT2D eigenvalue weighted by Crippen LogP contribution is 2.26. The van der Waals surface area contributed by atoms with Gasteiger partial charge in [-0.05, 0) is 30.5 Å². The fraction of sp³-hybridized carbons (Fsp3) is 0.188. The van der Waals surface area contributed by atoms with Crippen molar-refractivity contribution in [1.29, 1.82) is 0 Å². The van der Waals surface area contributed by atoms with Crippen molar-refractivity contribution in [3.05, 3.63) is 58.9 Å². The number of thiophene rings is 1. The molecule has 0 aliphatic rings. The highest BCUT2D eigenvalue weighted by Gasteiger charge is 2.16. The summed E-state index contributed by atoms with van der Waals surface area (Å²) in [6.07, 6.45) is 0. The maximum Gasteiger partial charge on any atom is 0.267 e. The standard InChI is InChI=1S/C16H15FN2OS/c1-2-18-16(20)14-9-15-13(7-8-21-15)19(14)10-11-5-3-4-6-12(11)17/h3-9H,2,10H2,1H3,(H,18,20). The number of benzene rings is 1. The number of carbonyl (C=O) groups is 1. The molecule has 1 N–H and O–H groups in total. The Morgan fingerprint density at radius 1 is 1.33 bits per heavy atom. The van der Waals surface area contributed by atoms with Crippen LogP contribution in [0.25, 0.3) is 10.2 Å². The number of nitrogens with zero attached hydrogens (tertiary/aromatic N) is 1. The van der Waals surface area contributed by atoms with E-state index in [0.717, 1.165) is 10.2 Å². The summed E-state index contributed by atoms with van der Waals surface area (Å²) in [5.74, 6) is -0.381. The zero-order valence-electron chi connectivity index (χ0n) is 11.6. The Hall–Kier alpha value is -2.14. The molecular formula is C16H15FN2OS. The Morgan fingerprint density at radius 3 is 2.90 bits per heavy atom. The normalized spacial score (nSPS) is 11.0. The van der Waals surface area contributed by atoms with E-state index < -0.39 is 0 Å². The number of fused-ring (bicyclic) bond motifs is 1. The number of rotatable bonds is 4. The van der Waals surface area contributed by atoms with Gasteiger partial charge in [-0.3, -0.25) is 4.79 Å². The summed E-state index contributed by atoms with van der Waals surface area (Å²) in [6, 6.07) is 10.5. The quantitative estimate of drug-likeness (QED) is 0.784. The van der Waals surface area contributed by atoms with Crippen LogP contribution in [0.15, 0.2) is 41.8 Å². The van der Waals surface area contributed by atoms with Crippen LogP contribution < -0.4 is 5.32 Å². The topological polar surface area (TPSA) is 34.0 Å². The van der Waals surface area contributed by atoms with Gasteiger partial charge in [-0.15, -0.1) is 11.3 Å². The number of nitrogens with one attached hydrogen (secondary N) is 1. The zero-order valence-corrected chi connectivity index (χ0v) is 12.4. The molecule has 1 aromatic carbocycles. The third-order valence-electron chi connectivity index (χ3n) is 3.38. The molecule has 108 valence electrons. The van der Waals surface area contributed by atoms with E-state index in [9.17, 15) is 9.18 Å². The van der Waals surface area contributed by atoms with Crippen molar-refractivity contribution in [2.45, 2.75) is 13.5 Å². The first-order valence-corrected chi connectivity index (χ1v) is 7.67. The lowest BCUT2D eigenvalue weighted by atomic mass is 10.2. The molecule has 21 heavy (non-hydrogen) atoms. The Kier molecular flexibility index (Phi) is 3.75. The zero-order chi connectivity index (χ0) is 14.8. The molecule has 3 nitrogen and oxygen atoms in total. The second-order valence-electron chi connectivity index (χ2n) is 4.74. The molecule has 0 spiro atoms. The first kappa shape index (κ1) is 13.8. The van der Waals surface area contributed by atoms with Crippen LogP contribution in [0.1, 0.15) is 23.0 Å². The summed E-state index contributed by atoms with van der Waals surface area (Å²) in [5.41, 5.74) is 2.11. The summed E-state index contributed by atoms with van der Waals surface area (Å²) < 4.78 is 16.8. The highest BCUT2D eigenvalue weighted by atomic mass is 32.1. The smallest absolute Gasteiger partial charge is 0.267 e. The highest BCUT2D eigenvalue weighted by molar-refractivity contribution is 7.17. The number of amides is 1. The minimum atomic E-state index is -0.253. The van der Waals surface area contributed by atoms with E-state index in [4.69, 9.17) is 0 Å². The molecule has 5 heteroatoms. The average Bonchev–Trinajstić information content (AvgIpc) is 3.04. The maximum absolute atomic E-state index is 13.9. The van der Waals surface area contributed by atoms with Crippen molar-refractivity contribution >= 4 is 27.5 Å². The Labute approximate surface area is 126 Å². The van der Waals surface area contributed by atoms with Crippen LogP contribution in [0.3, 0.4) is 0 Å².